The Morgan fingerprint density at radius 2 is 1.51 bits per heavy atom. The molecule has 0 radical (unpaired) electrons. The van der Waals surface area contributed by atoms with Gasteiger partial charge < -0.3 is 34.8 Å². The molecule has 3 N–H and O–H groups in total. The lowest BCUT2D eigenvalue weighted by Gasteiger charge is -2.41. The van der Waals surface area contributed by atoms with E-state index in [1.807, 2.05) is 71.9 Å². The Hall–Kier alpha value is -4.61. The van der Waals surface area contributed by atoms with E-state index in [0.717, 1.165) is 5.56 Å². The smallest absolute Gasteiger partial charge is 0.379 e. The highest BCUT2D eigenvalue weighted by Gasteiger charge is 2.44. The van der Waals surface area contributed by atoms with E-state index >= 15 is 0 Å². The standard InChI is InChI=1S/C48H75N6O12P/c1-12-32(6)44(52(9)48(61)42(30(2)3)50-47(60)43(31(4)5)51(8)38(55)23-17-14-18-26-54-39(56)24-25-40(54)57)36(64-10)29-41(58)53-27-19-22-35(53)45(65-11)33(7)46(59)49-37(66-67(62)63)28-34-20-15-13-16-21-34/h13,15-16,20-21,24-25,30-33,35-37,42-45H,12,14,17-19,22-23,26-29H2,1-11H3,(H2-,49,50,59,60,62,63)/p+1/t32?,33-,35-,36+,37?,42-,43-,44-,45+/m0/s1. The number of benzene rings is 1. The Morgan fingerprint density at radius 3 is 2.06 bits per heavy atom. The van der Waals surface area contributed by atoms with Crippen LogP contribution in [0, 0.1) is 23.7 Å². The zero-order valence-corrected chi connectivity index (χ0v) is 42.2. The SMILES string of the molecule is CCC(C)[C@@H]([C@@H](CC(=O)N1CCC[C@H]1[C@H](OC)[C@H](C)C(=O)NC(Cc1ccccc1)O[P+](=O)O)OC)N(C)C(=O)[C@@H](NC(=O)[C@H](C(C)C)N(C)C(=O)CCCCCN1C(=O)C=CC1=O)C(C)C. The second kappa shape index (κ2) is 27.4. The highest BCUT2D eigenvalue weighted by molar-refractivity contribution is 7.32. The molecule has 67 heavy (non-hydrogen) atoms. The van der Waals surface area contributed by atoms with Gasteiger partial charge in [0.2, 0.25) is 29.5 Å². The van der Waals surface area contributed by atoms with Crippen molar-refractivity contribution in [1.82, 2.24) is 30.2 Å². The monoisotopic (exact) mass is 960 g/mol. The molecule has 1 saturated heterocycles. The maximum atomic E-state index is 14.6. The van der Waals surface area contributed by atoms with Gasteiger partial charge in [-0.05, 0) is 49.0 Å². The number of ether oxygens (including phenoxy) is 2. The van der Waals surface area contributed by atoms with E-state index < -0.39 is 68.6 Å². The van der Waals surface area contributed by atoms with Crippen molar-refractivity contribution in [3.8, 4) is 0 Å². The largest absolute Gasteiger partial charge is 0.696 e. The molecule has 3 unspecified atom stereocenters. The molecular formula is C48H76N6O12P+. The minimum Gasteiger partial charge on any atom is -0.379 e. The first kappa shape index (κ1) is 56.7. The number of likely N-dealkylation sites (tertiary alicyclic amines) is 1. The average Bonchev–Trinajstić information content (AvgIpc) is 3.90. The number of unbranched alkanes of at least 4 members (excludes halogenated alkanes) is 2. The summed E-state index contributed by atoms with van der Waals surface area (Å²) in [5, 5.41) is 5.71. The number of hydrogen-bond donors (Lipinski definition) is 3. The minimum atomic E-state index is -3.02. The highest BCUT2D eigenvalue weighted by atomic mass is 31.1. The van der Waals surface area contributed by atoms with E-state index in [2.05, 4.69) is 10.6 Å². The number of likely N-dealkylation sites (N-methyl/N-ethyl adjacent to an activating group) is 2. The van der Waals surface area contributed by atoms with Crippen molar-refractivity contribution < 1.29 is 57.0 Å². The van der Waals surface area contributed by atoms with Gasteiger partial charge in [-0.25, -0.2) is 0 Å². The maximum absolute atomic E-state index is 14.6. The Bertz CT molecular complexity index is 1870. The Kier molecular flexibility index (Phi) is 23.2. The summed E-state index contributed by atoms with van der Waals surface area (Å²) in [5.41, 5.74) is 0.790. The first-order valence-electron chi connectivity index (χ1n) is 23.6. The fourth-order valence-corrected chi connectivity index (χ4v) is 9.60. The van der Waals surface area contributed by atoms with Crippen LogP contribution in [0.3, 0.4) is 0 Å². The van der Waals surface area contributed by atoms with Gasteiger partial charge in [-0.2, -0.15) is 0 Å². The van der Waals surface area contributed by atoms with Crippen LogP contribution in [0.5, 0.6) is 0 Å². The molecule has 2 aliphatic rings. The number of rotatable bonds is 28. The Labute approximate surface area is 397 Å². The predicted molar refractivity (Wildman–Crippen MR) is 252 cm³/mol. The molecule has 19 heteroatoms. The van der Waals surface area contributed by atoms with Crippen LogP contribution in [0.15, 0.2) is 42.5 Å². The molecule has 1 aromatic carbocycles. The number of nitrogens with zero attached hydrogens (tertiary/aromatic N) is 4. The predicted octanol–water partition coefficient (Wildman–Crippen LogP) is 4.37. The molecule has 0 bridgehead atoms. The molecule has 10 atom stereocenters. The van der Waals surface area contributed by atoms with E-state index in [1.54, 1.807) is 30.8 Å². The van der Waals surface area contributed by atoms with Gasteiger partial charge in [-0.15, -0.1) is 4.89 Å². The van der Waals surface area contributed by atoms with Gasteiger partial charge in [-0.1, -0.05) is 96.2 Å². The summed E-state index contributed by atoms with van der Waals surface area (Å²) in [6.45, 7) is 13.7. The van der Waals surface area contributed by atoms with Crippen molar-refractivity contribution in [2.45, 2.75) is 149 Å². The molecule has 1 aromatic rings. The van der Waals surface area contributed by atoms with Gasteiger partial charge >= 0.3 is 8.25 Å². The molecule has 0 saturated carbocycles. The molecule has 0 aromatic heterocycles. The minimum absolute atomic E-state index is 0.0834. The van der Waals surface area contributed by atoms with Gasteiger partial charge in [-0.3, -0.25) is 38.5 Å². The number of carbonyl (C=O) groups is 7. The van der Waals surface area contributed by atoms with Crippen LogP contribution < -0.4 is 10.6 Å². The molecule has 2 heterocycles. The quantitative estimate of drug-likeness (QED) is 0.0462. The van der Waals surface area contributed by atoms with Crippen molar-refractivity contribution in [2.75, 3.05) is 41.4 Å². The third-order valence-electron chi connectivity index (χ3n) is 13.2. The Balaban J connectivity index is 1.72. The first-order valence-corrected chi connectivity index (χ1v) is 24.7. The fourth-order valence-electron chi connectivity index (χ4n) is 9.25. The van der Waals surface area contributed by atoms with Crippen LogP contribution >= 0.6 is 8.25 Å². The number of nitrogens with one attached hydrogen (secondary N) is 2. The van der Waals surface area contributed by atoms with Crippen molar-refractivity contribution in [3.05, 3.63) is 48.0 Å². The van der Waals surface area contributed by atoms with Gasteiger partial charge in [0.15, 0.2) is 6.23 Å². The third kappa shape index (κ3) is 16.0. The lowest BCUT2D eigenvalue weighted by molar-refractivity contribution is -0.148. The number of hydrogen-bond acceptors (Lipinski definition) is 11. The second-order valence-corrected chi connectivity index (χ2v) is 19.2. The molecule has 0 aliphatic carbocycles. The van der Waals surface area contributed by atoms with Crippen LogP contribution in [0.25, 0.3) is 0 Å². The average molecular weight is 960 g/mol. The summed E-state index contributed by atoms with van der Waals surface area (Å²) in [5.74, 6) is -4.05. The molecule has 18 nitrogen and oxygen atoms in total. The van der Waals surface area contributed by atoms with Crippen LogP contribution in [-0.4, -0.2) is 150 Å². The summed E-state index contributed by atoms with van der Waals surface area (Å²) in [4.78, 5) is 109. The lowest BCUT2D eigenvalue weighted by atomic mass is 9.89. The normalized spacial score (nSPS) is 18.8. The van der Waals surface area contributed by atoms with Crippen molar-refractivity contribution in [2.24, 2.45) is 23.7 Å². The molecule has 374 valence electrons. The van der Waals surface area contributed by atoms with E-state index in [9.17, 15) is 43.0 Å². The first-order chi connectivity index (χ1) is 31.7. The van der Waals surface area contributed by atoms with E-state index in [4.69, 9.17) is 14.0 Å². The van der Waals surface area contributed by atoms with Crippen molar-refractivity contribution in [3.63, 3.8) is 0 Å². The second-order valence-electron chi connectivity index (χ2n) is 18.5. The highest BCUT2D eigenvalue weighted by Crippen LogP contribution is 2.30. The summed E-state index contributed by atoms with van der Waals surface area (Å²) in [6.07, 6.45) is 3.67. The van der Waals surface area contributed by atoms with Gasteiger partial charge in [0.1, 0.15) is 12.1 Å². The molecule has 3 rings (SSSR count). The zero-order valence-electron chi connectivity index (χ0n) is 41.3. The molecule has 7 amide bonds. The number of amides is 7. The molecular weight excluding hydrogens is 884 g/mol. The number of imide groups is 1. The van der Waals surface area contributed by atoms with Gasteiger partial charge in [0.05, 0.1) is 36.6 Å². The molecule has 1 fully saturated rings. The van der Waals surface area contributed by atoms with E-state index in [0.29, 0.717) is 45.1 Å². The fraction of sp³-hybridized carbons (Fsp3) is 0.688. The summed E-state index contributed by atoms with van der Waals surface area (Å²) in [6, 6.07) is 6.19. The number of methoxy groups -OCH3 is 2. The topological polar surface area (TPSA) is 222 Å². The Morgan fingerprint density at radius 1 is 0.866 bits per heavy atom. The van der Waals surface area contributed by atoms with Gasteiger partial charge in [0.25, 0.3) is 11.8 Å². The summed E-state index contributed by atoms with van der Waals surface area (Å²) in [7, 11) is 3.19. The van der Waals surface area contributed by atoms with Crippen LogP contribution in [0.1, 0.15) is 105 Å². The number of carbonyl (C=O) groups excluding carboxylic acids is 7. The molecule has 0 spiro atoms. The third-order valence-corrected chi connectivity index (χ3v) is 13.6. The van der Waals surface area contributed by atoms with Crippen LogP contribution in [0.2, 0.25) is 0 Å². The molecule has 2 aliphatic heterocycles. The van der Waals surface area contributed by atoms with Gasteiger partial charge in [0, 0.05) is 71.0 Å². The summed E-state index contributed by atoms with van der Waals surface area (Å²) >= 11 is 0. The van der Waals surface area contributed by atoms with E-state index in [1.165, 1.54) is 36.2 Å². The lowest BCUT2D eigenvalue weighted by Crippen LogP contribution is -2.60. The van der Waals surface area contributed by atoms with Crippen molar-refractivity contribution in [1.29, 1.82) is 0 Å². The zero-order chi connectivity index (χ0) is 50.1. The van der Waals surface area contributed by atoms with E-state index in [-0.39, 0.29) is 73.1 Å². The van der Waals surface area contributed by atoms with Crippen molar-refractivity contribution >= 4 is 49.6 Å². The van der Waals surface area contributed by atoms with Crippen LogP contribution in [0.4, 0.5) is 0 Å². The van der Waals surface area contributed by atoms with Crippen LogP contribution in [-0.2, 0) is 58.5 Å². The summed E-state index contributed by atoms with van der Waals surface area (Å²) < 4.78 is 28.8. The maximum Gasteiger partial charge on any atom is 0.696 e.